The van der Waals surface area contributed by atoms with Crippen LogP contribution in [0.15, 0.2) is 0 Å². The van der Waals surface area contributed by atoms with Crippen molar-refractivity contribution in [2.45, 2.75) is 94.6 Å². The predicted octanol–water partition coefficient (Wildman–Crippen LogP) is 6.40. The van der Waals surface area contributed by atoms with Crippen molar-refractivity contribution in [2.75, 3.05) is 0 Å². The Morgan fingerprint density at radius 2 is 1.45 bits per heavy atom. The topological polar surface area (TPSA) is 0 Å². The fraction of sp³-hybridized carbons (Fsp3) is 1.00. The lowest BCUT2D eigenvalue weighted by atomic mass is 9.83. The maximum atomic E-state index is 3.78. The minimum atomic E-state index is -0.294. The first kappa shape index (κ1) is 17.1. The number of halogens is 1. The van der Waals surface area contributed by atoms with E-state index in [-0.39, 0.29) is 8.80 Å². The molecule has 0 nitrogen and oxygen atoms in total. The quantitative estimate of drug-likeness (QED) is 0.380. The van der Waals surface area contributed by atoms with Gasteiger partial charge in [-0.1, -0.05) is 80.0 Å². The zero-order valence-corrected chi connectivity index (χ0v) is 16.5. The van der Waals surface area contributed by atoms with Crippen LogP contribution < -0.4 is 0 Å². The molecule has 0 atom stereocenters. The van der Waals surface area contributed by atoms with Crippen molar-refractivity contribution in [2.24, 2.45) is 17.8 Å². The summed E-state index contributed by atoms with van der Waals surface area (Å²) in [6, 6.07) is 4.98. The molecule has 0 radical (unpaired) electrons. The molecule has 0 aromatic carbocycles. The van der Waals surface area contributed by atoms with Crippen molar-refractivity contribution < 1.29 is 0 Å². The monoisotopic (exact) mass is 358 g/mol. The van der Waals surface area contributed by atoms with Gasteiger partial charge in [0.05, 0.1) is 0 Å². The molecule has 0 unspecified atom stereocenters. The van der Waals surface area contributed by atoms with Gasteiger partial charge in [0.15, 0.2) is 0 Å². The van der Waals surface area contributed by atoms with E-state index in [0.29, 0.717) is 0 Å². The van der Waals surface area contributed by atoms with Crippen LogP contribution in [0.1, 0.15) is 71.6 Å². The molecule has 2 heteroatoms. The van der Waals surface area contributed by atoms with E-state index in [1.54, 1.807) is 43.8 Å². The van der Waals surface area contributed by atoms with Crippen molar-refractivity contribution in [3.63, 3.8) is 0 Å². The van der Waals surface area contributed by atoms with Gasteiger partial charge in [-0.3, -0.25) is 0 Å². The number of alkyl halides is 1. The summed E-state index contributed by atoms with van der Waals surface area (Å²) in [7, 11) is -0.294. The Labute approximate surface area is 137 Å². The Bertz CT molecular complexity index is 250. The number of rotatable bonds is 6. The van der Waals surface area contributed by atoms with Crippen LogP contribution in [0.25, 0.3) is 0 Å². The molecule has 2 aliphatic rings. The largest absolute Gasteiger partial charge is 0.0891 e. The van der Waals surface area contributed by atoms with E-state index in [2.05, 4.69) is 29.8 Å². The Morgan fingerprint density at radius 1 is 0.900 bits per heavy atom. The number of hydrogen-bond donors (Lipinski definition) is 0. The lowest BCUT2D eigenvalue weighted by Gasteiger charge is -2.30. The SMILES string of the molecule is CC(C)CC[SiH]1CCC(CCC2CCC(Br)CC2)CC1. The van der Waals surface area contributed by atoms with Gasteiger partial charge in [-0.2, -0.15) is 0 Å². The molecule has 0 N–H and O–H groups in total. The highest BCUT2D eigenvalue weighted by Crippen LogP contribution is 2.36. The molecule has 1 saturated heterocycles. The molecule has 2 rings (SSSR count). The molecule has 118 valence electrons. The third-order valence-electron chi connectivity index (χ3n) is 5.88. The standard InChI is InChI=1S/C18H35BrSi/c1-15(2)9-12-20-13-10-17(11-14-20)4-3-16-5-7-18(19)8-6-16/h15-18,20H,3-14H2,1-2H3. The fourth-order valence-corrected chi connectivity index (χ4v) is 8.68. The van der Waals surface area contributed by atoms with Crippen molar-refractivity contribution in [3.8, 4) is 0 Å². The molecule has 2 fully saturated rings. The van der Waals surface area contributed by atoms with Crippen LogP contribution in [0.5, 0.6) is 0 Å². The molecule has 1 aliphatic heterocycles. The van der Waals surface area contributed by atoms with Gasteiger partial charge in [-0.25, -0.2) is 0 Å². The second-order valence-corrected chi connectivity index (χ2v) is 12.8. The van der Waals surface area contributed by atoms with Crippen LogP contribution >= 0.6 is 15.9 Å². The zero-order valence-electron chi connectivity index (χ0n) is 13.7. The van der Waals surface area contributed by atoms with Crippen molar-refractivity contribution in [1.29, 1.82) is 0 Å². The molecule has 1 aliphatic carbocycles. The first-order chi connectivity index (χ1) is 9.63. The molecular weight excluding hydrogens is 324 g/mol. The summed E-state index contributed by atoms with van der Waals surface area (Å²) in [5.41, 5.74) is 0. The average Bonchev–Trinajstić information content (AvgIpc) is 2.45. The van der Waals surface area contributed by atoms with Gasteiger partial charge in [0.1, 0.15) is 0 Å². The van der Waals surface area contributed by atoms with Gasteiger partial charge < -0.3 is 0 Å². The summed E-state index contributed by atoms with van der Waals surface area (Å²) < 4.78 is 0. The molecule has 0 bridgehead atoms. The first-order valence-electron chi connectivity index (χ1n) is 9.27. The Balaban J connectivity index is 1.55. The highest BCUT2D eigenvalue weighted by atomic mass is 79.9. The molecule has 0 amide bonds. The average molecular weight is 359 g/mol. The van der Waals surface area contributed by atoms with Crippen molar-refractivity contribution in [3.05, 3.63) is 0 Å². The fourth-order valence-electron chi connectivity index (χ4n) is 4.26. The molecule has 0 spiro atoms. The summed E-state index contributed by atoms with van der Waals surface area (Å²) >= 11 is 3.78. The molecule has 0 aromatic heterocycles. The van der Waals surface area contributed by atoms with Crippen LogP contribution in [-0.4, -0.2) is 13.6 Å². The van der Waals surface area contributed by atoms with Crippen LogP contribution in [0, 0.1) is 17.8 Å². The number of hydrogen-bond acceptors (Lipinski definition) is 0. The third kappa shape index (κ3) is 6.21. The van der Waals surface area contributed by atoms with E-state index >= 15 is 0 Å². The van der Waals surface area contributed by atoms with E-state index < -0.39 is 0 Å². The molecule has 1 saturated carbocycles. The lowest BCUT2D eigenvalue weighted by Crippen LogP contribution is -2.22. The van der Waals surface area contributed by atoms with Crippen molar-refractivity contribution in [1.82, 2.24) is 0 Å². The normalized spacial score (nSPS) is 35.4. The lowest BCUT2D eigenvalue weighted by molar-refractivity contribution is 0.304. The highest BCUT2D eigenvalue weighted by molar-refractivity contribution is 9.09. The van der Waals surface area contributed by atoms with Crippen LogP contribution in [0.2, 0.25) is 18.1 Å². The summed E-state index contributed by atoms with van der Waals surface area (Å²) in [4.78, 5) is 0.834. The molecule has 20 heavy (non-hydrogen) atoms. The summed E-state index contributed by atoms with van der Waals surface area (Å²) in [6.07, 6.45) is 13.7. The second-order valence-electron chi connectivity index (χ2n) is 8.05. The third-order valence-corrected chi connectivity index (χ3v) is 10.2. The van der Waals surface area contributed by atoms with Gasteiger partial charge in [0.2, 0.25) is 0 Å². The second kappa shape index (κ2) is 8.98. The first-order valence-corrected chi connectivity index (χ1v) is 12.6. The van der Waals surface area contributed by atoms with Gasteiger partial charge in [0, 0.05) is 13.6 Å². The van der Waals surface area contributed by atoms with E-state index in [1.807, 2.05) is 0 Å². The van der Waals surface area contributed by atoms with E-state index in [0.717, 1.165) is 22.6 Å². The van der Waals surface area contributed by atoms with Crippen LogP contribution in [0.3, 0.4) is 0 Å². The van der Waals surface area contributed by atoms with Gasteiger partial charge >= 0.3 is 0 Å². The van der Waals surface area contributed by atoms with E-state index in [1.165, 1.54) is 32.1 Å². The zero-order chi connectivity index (χ0) is 14.4. The Morgan fingerprint density at radius 3 is 2.00 bits per heavy atom. The Kier molecular flexibility index (Phi) is 7.66. The highest BCUT2D eigenvalue weighted by Gasteiger charge is 2.24. The van der Waals surface area contributed by atoms with Gasteiger partial charge in [-0.05, 0) is 43.4 Å². The Hall–Kier alpha value is 0.697. The van der Waals surface area contributed by atoms with E-state index in [9.17, 15) is 0 Å². The molecule has 1 heterocycles. The smallest absolute Gasteiger partial charge is 0.0368 e. The van der Waals surface area contributed by atoms with Gasteiger partial charge in [0.25, 0.3) is 0 Å². The molecular formula is C18H35BrSi. The summed E-state index contributed by atoms with van der Waals surface area (Å²) in [6.45, 7) is 4.78. The summed E-state index contributed by atoms with van der Waals surface area (Å²) in [5, 5.41) is 0. The van der Waals surface area contributed by atoms with Crippen LogP contribution in [0.4, 0.5) is 0 Å². The minimum Gasteiger partial charge on any atom is -0.0891 e. The minimum absolute atomic E-state index is 0.294. The maximum Gasteiger partial charge on any atom is 0.0368 e. The van der Waals surface area contributed by atoms with Crippen LogP contribution in [-0.2, 0) is 0 Å². The molecule has 0 aromatic rings. The predicted molar refractivity (Wildman–Crippen MR) is 97.7 cm³/mol. The van der Waals surface area contributed by atoms with Crippen molar-refractivity contribution >= 4 is 24.7 Å². The van der Waals surface area contributed by atoms with E-state index in [4.69, 9.17) is 0 Å². The maximum absolute atomic E-state index is 3.78. The summed E-state index contributed by atoms with van der Waals surface area (Å²) in [5.74, 6) is 3.11. The van der Waals surface area contributed by atoms with Gasteiger partial charge in [-0.15, -0.1) is 0 Å².